The zero-order chi connectivity index (χ0) is 25.3. The molecule has 1 atom stereocenters. The molecule has 0 bridgehead atoms. The van der Waals surface area contributed by atoms with Gasteiger partial charge in [0.25, 0.3) is 5.56 Å². The number of pyridine rings is 2. The highest BCUT2D eigenvalue weighted by Gasteiger charge is 2.45. The SMILES string of the molecule is CC[C@@]1(O)C(=O)OCc2c1cc1n(c2=O)Cc2c-1nc1ccc(OC(C)=O)cc1c2[Si](C)(C)CC. The van der Waals surface area contributed by atoms with Gasteiger partial charge in [0.1, 0.15) is 12.4 Å². The standard InChI is InChI=1S/C26H28N2O6Si/c1-6-26(32)19-11-21-22-17(12-28(21)24(30)18(19)13-33-25(26)31)23(35(4,5)7-2)16-10-15(34-14(3)29)8-9-20(16)27-22/h8-11,32H,6-7,12-13H2,1-5H3/t26-/m0/s1. The van der Waals surface area contributed by atoms with E-state index in [1.54, 1.807) is 23.6 Å². The van der Waals surface area contributed by atoms with Crippen molar-refractivity contribution in [1.82, 2.24) is 9.55 Å². The monoisotopic (exact) mass is 492 g/mol. The number of esters is 2. The van der Waals surface area contributed by atoms with Crippen molar-refractivity contribution in [2.45, 2.75) is 65.1 Å². The van der Waals surface area contributed by atoms with Crippen molar-refractivity contribution in [3.05, 3.63) is 51.3 Å². The largest absolute Gasteiger partial charge is 0.458 e. The minimum absolute atomic E-state index is 0.0969. The first-order valence-corrected chi connectivity index (χ1v) is 15.0. The second kappa shape index (κ2) is 7.86. The van der Waals surface area contributed by atoms with E-state index in [0.29, 0.717) is 34.8 Å². The third-order valence-electron chi connectivity index (χ3n) is 7.48. The normalized spacial score (nSPS) is 18.6. The Balaban J connectivity index is 1.83. The lowest BCUT2D eigenvalue weighted by Gasteiger charge is -2.31. The van der Waals surface area contributed by atoms with Crippen molar-refractivity contribution in [2.75, 3.05) is 0 Å². The molecule has 182 valence electrons. The van der Waals surface area contributed by atoms with E-state index in [1.807, 2.05) is 12.1 Å². The Kier molecular flexibility index (Phi) is 5.26. The minimum Gasteiger partial charge on any atom is -0.458 e. The summed E-state index contributed by atoms with van der Waals surface area (Å²) in [4.78, 5) is 42.5. The molecule has 4 heterocycles. The number of cyclic esters (lactones) is 1. The number of carbonyl (C=O) groups is 2. The summed E-state index contributed by atoms with van der Waals surface area (Å²) < 4.78 is 12.2. The summed E-state index contributed by atoms with van der Waals surface area (Å²) in [6, 6.07) is 8.12. The smallest absolute Gasteiger partial charge is 0.343 e. The maximum Gasteiger partial charge on any atom is 0.343 e. The second-order valence-corrected chi connectivity index (χ2v) is 14.9. The van der Waals surface area contributed by atoms with Crippen molar-refractivity contribution >= 4 is 36.1 Å². The van der Waals surface area contributed by atoms with E-state index in [4.69, 9.17) is 14.5 Å². The van der Waals surface area contributed by atoms with Crippen molar-refractivity contribution in [1.29, 1.82) is 0 Å². The van der Waals surface area contributed by atoms with E-state index in [2.05, 4.69) is 20.0 Å². The number of carbonyl (C=O) groups excluding carboxylic acids is 2. The Bertz CT molecular complexity index is 1490. The predicted molar refractivity (Wildman–Crippen MR) is 133 cm³/mol. The van der Waals surface area contributed by atoms with Gasteiger partial charge in [-0.15, -0.1) is 0 Å². The maximum absolute atomic E-state index is 13.6. The molecule has 0 saturated heterocycles. The van der Waals surface area contributed by atoms with Crippen LogP contribution >= 0.6 is 0 Å². The van der Waals surface area contributed by atoms with Crippen LogP contribution in [0, 0.1) is 0 Å². The molecule has 3 aromatic rings. The van der Waals surface area contributed by atoms with Crippen molar-refractivity contribution in [3.8, 4) is 17.1 Å². The quantitative estimate of drug-likeness (QED) is 0.265. The minimum atomic E-state index is -2.00. The van der Waals surface area contributed by atoms with Crippen LogP contribution in [0.5, 0.6) is 5.75 Å². The van der Waals surface area contributed by atoms with Gasteiger partial charge in [-0.05, 0) is 41.4 Å². The molecule has 2 aliphatic rings. The van der Waals surface area contributed by atoms with Crippen LogP contribution in [0.4, 0.5) is 0 Å². The third-order valence-corrected chi connectivity index (χ3v) is 11.2. The van der Waals surface area contributed by atoms with Gasteiger partial charge in [-0.25, -0.2) is 9.78 Å². The van der Waals surface area contributed by atoms with E-state index in [0.717, 1.165) is 22.5 Å². The summed E-state index contributed by atoms with van der Waals surface area (Å²) in [6.07, 6.45) is 0.0969. The summed E-state index contributed by atoms with van der Waals surface area (Å²) in [6.45, 7) is 9.97. The molecule has 2 aliphatic heterocycles. The molecule has 0 saturated carbocycles. The van der Waals surface area contributed by atoms with Crippen LogP contribution in [0.1, 0.15) is 43.9 Å². The molecule has 5 rings (SSSR count). The second-order valence-electron chi connectivity index (χ2n) is 9.93. The van der Waals surface area contributed by atoms with E-state index >= 15 is 0 Å². The van der Waals surface area contributed by atoms with Crippen LogP contribution in [0.3, 0.4) is 0 Å². The number of fused-ring (bicyclic) bond motifs is 5. The summed E-state index contributed by atoms with van der Waals surface area (Å²) in [5.74, 6) is -0.669. The average molecular weight is 493 g/mol. The van der Waals surface area contributed by atoms with E-state index in [-0.39, 0.29) is 18.6 Å². The summed E-state index contributed by atoms with van der Waals surface area (Å²) in [7, 11) is -2.00. The highest BCUT2D eigenvalue weighted by molar-refractivity contribution is 6.91. The Labute approximate surface area is 203 Å². The fraction of sp³-hybridized carbons (Fsp3) is 0.385. The maximum atomic E-state index is 13.6. The van der Waals surface area contributed by atoms with Gasteiger partial charge in [0.15, 0.2) is 5.60 Å². The van der Waals surface area contributed by atoms with Gasteiger partial charge in [0.2, 0.25) is 0 Å². The van der Waals surface area contributed by atoms with Gasteiger partial charge >= 0.3 is 11.9 Å². The van der Waals surface area contributed by atoms with Crippen LogP contribution in [0.2, 0.25) is 19.1 Å². The highest BCUT2D eigenvalue weighted by atomic mass is 28.3. The first-order valence-electron chi connectivity index (χ1n) is 11.8. The van der Waals surface area contributed by atoms with Crippen LogP contribution in [0.25, 0.3) is 22.3 Å². The molecular weight excluding hydrogens is 464 g/mol. The van der Waals surface area contributed by atoms with Gasteiger partial charge in [-0.1, -0.05) is 33.0 Å². The number of benzene rings is 1. The molecule has 0 amide bonds. The van der Waals surface area contributed by atoms with E-state index in [1.165, 1.54) is 12.1 Å². The zero-order valence-electron chi connectivity index (χ0n) is 20.5. The molecule has 1 N–H and O–H groups in total. The van der Waals surface area contributed by atoms with Crippen LogP contribution in [-0.2, 0) is 33.1 Å². The van der Waals surface area contributed by atoms with E-state index < -0.39 is 25.6 Å². The van der Waals surface area contributed by atoms with Gasteiger partial charge in [0.05, 0.1) is 37.1 Å². The lowest BCUT2D eigenvalue weighted by molar-refractivity contribution is -0.172. The molecule has 0 radical (unpaired) electrons. The average Bonchev–Trinajstić information content (AvgIpc) is 3.18. The number of ether oxygens (including phenoxy) is 2. The molecule has 2 aromatic heterocycles. The number of hydrogen-bond donors (Lipinski definition) is 1. The van der Waals surface area contributed by atoms with Gasteiger partial charge in [-0.3, -0.25) is 9.59 Å². The van der Waals surface area contributed by atoms with Gasteiger partial charge < -0.3 is 19.1 Å². The third kappa shape index (κ3) is 3.36. The lowest BCUT2D eigenvalue weighted by Crippen LogP contribution is -2.44. The van der Waals surface area contributed by atoms with Crippen molar-refractivity contribution < 1.29 is 24.2 Å². The number of aromatic nitrogens is 2. The van der Waals surface area contributed by atoms with Crippen molar-refractivity contribution in [3.63, 3.8) is 0 Å². The molecular formula is C26H28N2O6Si. The summed E-state index contributed by atoms with van der Waals surface area (Å²) in [5.41, 5.74) is 1.48. The van der Waals surface area contributed by atoms with Crippen LogP contribution < -0.4 is 15.5 Å². The first kappa shape index (κ1) is 23.4. The summed E-state index contributed by atoms with van der Waals surface area (Å²) in [5, 5.41) is 13.2. The fourth-order valence-electron chi connectivity index (χ4n) is 5.24. The van der Waals surface area contributed by atoms with E-state index in [9.17, 15) is 19.5 Å². The highest BCUT2D eigenvalue weighted by Crippen LogP contribution is 2.39. The van der Waals surface area contributed by atoms with Crippen LogP contribution in [0.15, 0.2) is 29.1 Å². The Morgan fingerprint density at radius 2 is 1.97 bits per heavy atom. The Morgan fingerprint density at radius 3 is 2.63 bits per heavy atom. The number of rotatable bonds is 4. The molecule has 0 fully saturated rings. The zero-order valence-corrected chi connectivity index (χ0v) is 21.5. The lowest BCUT2D eigenvalue weighted by atomic mass is 9.86. The van der Waals surface area contributed by atoms with Gasteiger partial charge in [0, 0.05) is 17.9 Å². The molecule has 9 heteroatoms. The molecule has 8 nitrogen and oxygen atoms in total. The number of aliphatic hydroxyl groups is 1. The first-order chi connectivity index (χ1) is 16.5. The number of nitrogens with zero attached hydrogens (tertiary/aromatic N) is 2. The van der Waals surface area contributed by atoms with Gasteiger partial charge in [-0.2, -0.15) is 0 Å². The molecule has 0 spiro atoms. The molecule has 0 unspecified atom stereocenters. The Morgan fingerprint density at radius 1 is 1.23 bits per heavy atom. The Hall–Kier alpha value is -3.30. The topological polar surface area (TPSA) is 108 Å². The van der Waals surface area contributed by atoms with Crippen molar-refractivity contribution in [2.24, 2.45) is 0 Å². The fourth-order valence-corrected chi connectivity index (χ4v) is 7.54. The number of hydrogen-bond acceptors (Lipinski definition) is 7. The summed E-state index contributed by atoms with van der Waals surface area (Å²) >= 11 is 0. The molecule has 35 heavy (non-hydrogen) atoms. The predicted octanol–water partition coefficient (Wildman–Crippen LogP) is 2.94. The van der Waals surface area contributed by atoms with Crippen LogP contribution in [-0.4, -0.2) is 34.7 Å². The molecule has 0 aliphatic carbocycles. The molecule has 1 aromatic carbocycles.